The summed E-state index contributed by atoms with van der Waals surface area (Å²) < 4.78 is 5.51. The Bertz CT molecular complexity index is 347. The van der Waals surface area contributed by atoms with Gasteiger partial charge in [-0.3, -0.25) is 0 Å². The fraction of sp³-hybridized carbons (Fsp3) is 0.600. The zero-order valence-electron chi connectivity index (χ0n) is 11.5. The molecule has 0 saturated carbocycles. The van der Waals surface area contributed by atoms with Crippen molar-refractivity contribution in [3.63, 3.8) is 0 Å². The Morgan fingerprint density at radius 1 is 1.18 bits per heavy atom. The molecule has 0 fully saturated rings. The third-order valence-electron chi connectivity index (χ3n) is 3.01. The van der Waals surface area contributed by atoms with E-state index in [1.807, 2.05) is 0 Å². The van der Waals surface area contributed by atoms with Crippen LogP contribution in [0.25, 0.3) is 0 Å². The van der Waals surface area contributed by atoms with E-state index >= 15 is 0 Å². The van der Waals surface area contributed by atoms with Crippen LogP contribution >= 0.6 is 0 Å². The van der Waals surface area contributed by atoms with Crippen molar-refractivity contribution in [2.45, 2.75) is 52.7 Å². The van der Waals surface area contributed by atoms with Crippen LogP contribution in [0.1, 0.15) is 37.0 Å². The van der Waals surface area contributed by atoms with Gasteiger partial charge in [-0.2, -0.15) is 0 Å². The van der Waals surface area contributed by atoms with Gasteiger partial charge < -0.3 is 10.5 Å². The lowest BCUT2D eigenvalue weighted by Gasteiger charge is -2.14. The first-order valence-electron chi connectivity index (χ1n) is 6.42. The standard InChI is InChI=1S/C15H25NO/c1-11(2)17-8-7-15(16)10-14-6-5-12(3)13(4)9-14/h5-6,9,11,15H,7-8,10,16H2,1-4H3. The summed E-state index contributed by atoms with van der Waals surface area (Å²) in [5.41, 5.74) is 10.1. The van der Waals surface area contributed by atoms with Gasteiger partial charge in [-0.15, -0.1) is 0 Å². The predicted molar refractivity (Wildman–Crippen MR) is 73.3 cm³/mol. The number of aryl methyl sites for hydroxylation is 2. The van der Waals surface area contributed by atoms with Gasteiger partial charge in [0.25, 0.3) is 0 Å². The highest BCUT2D eigenvalue weighted by Crippen LogP contribution is 2.12. The van der Waals surface area contributed by atoms with Crippen molar-refractivity contribution in [2.24, 2.45) is 5.73 Å². The molecule has 1 rings (SSSR count). The summed E-state index contributed by atoms with van der Waals surface area (Å²) in [7, 11) is 0. The Labute approximate surface area is 105 Å². The quantitative estimate of drug-likeness (QED) is 0.822. The molecule has 2 heteroatoms. The zero-order valence-corrected chi connectivity index (χ0v) is 11.5. The van der Waals surface area contributed by atoms with Crippen LogP contribution in [0.15, 0.2) is 18.2 Å². The van der Waals surface area contributed by atoms with E-state index in [9.17, 15) is 0 Å². The van der Waals surface area contributed by atoms with E-state index in [0.29, 0.717) is 6.10 Å². The number of ether oxygens (including phenoxy) is 1. The molecule has 2 nitrogen and oxygen atoms in total. The summed E-state index contributed by atoms with van der Waals surface area (Å²) in [5, 5.41) is 0. The van der Waals surface area contributed by atoms with Crippen LogP contribution in [-0.4, -0.2) is 18.8 Å². The molecule has 0 heterocycles. The lowest BCUT2D eigenvalue weighted by Crippen LogP contribution is -2.25. The highest BCUT2D eigenvalue weighted by atomic mass is 16.5. The van der Waals surface area contributed by atoms with Crippen LogP contribution in [0.3, 0.4) is 0 Å². The van der Waals surface area contributed by atoms with Crippen LogP contribution in [-0.2, 0) is 11.2 Å². The summed E-state index contributed by atoms with van der Waals surface area (Å²) in [5.74, 6) is 0. The minimum Gasteiger partial charge on any atom is -0.379 e. The monoisotopic (exact) mass is 235 g/mol. The summed E-state index contributed by atoms with van der Waals surface area (Å²) in [6.07, 6.45) is 2.15. The molecule has 96 valence electrons. The van der Waals surface area contributed by atoms with Crippen LogP contribution in [0.5, 0.6) is 0 Å². The Balaban J connectivity index is 2.39. The highest BCUT2D eigenvalue weighted by molar-refractivity contribution is 5.30. The molecule has 0 spiro atoms. The largest absolute Gasteiger partial charge is 0.379 e. The molecule has 0 aliphatic rings. The number of nitrogens with two attached hydrogens (primary N) is 1. The average molecular weight is 235 g/mol. The zero-order chi connectivity index (χ0) is 12.8. The van der Waals surface area contributed by atoms with E-state index in [4.69, 9.17) is 10.5 Å². The third-order valence-corrected chi connectivity index (χ3v) is 3.01. The second-order valence-corrected chi connectivity index (χ2v) is 5.09. The number of hydrogen-bond donors (Lipinski definition) is 1. The number of benzene rings is 1. The van der Waals surface area contributed by atoms with Gasteiger partial charge in [0.15, 0.2) is 0 Å². The summed E-state index contributed by atoms with van der Waals surface area (Å²) >= 11 is 0. The third kappa shape index (κ3) is 5.33. The molecular formula is C15H25NO. The fourth-order valence-corrected chi connectivity index (χ4v) is 1.79. The van der Waals surface area contributed by atoms with Gasteiger partial charge in [0.05, 0.1) is 6.10 Å². The van der Waals surface area contributed by atoms with Gasteiger partial charge in [0, 0.05) is 12.6 Å². The Morgan fingerprint density at radius 3 is 2.47 bits per heavy atom. The van der Waals surface area contributed by atoms with Crippen LogP contribution in [0, 0.1) is 13.8 Å². The molecule has 0 aliphatic heterocycles. The van der Waals surface area contributed by atoms with Gasteiger partial charge >= 0.3 is 0 Å². The van der Waals surface area contributed by atoms with Gasteiger partial charge in [-0.05, 0) is 57.2 Å². The molecule has 1 aromatic carbocycles. The van der Waals surface area contributed by atoms with Crippen molar-refractivity contribution in [3.05, 3.63) is 34.9 Å². The van der Waals surface area contributed by atoms with Crippen molar-refractivity contribution in [1.82, 2.24) is 0 Å². The maximum absolute atomic E-state index is 6.10. The summed E-state index contributed by atoms with van der Waals surface area (Å²) in [6, 6.07) is 6.77. The van der Waals surface area contributed by atoms with Crippen molar-refractivity contribution >= 4 is 0 Å². The number of hydrogen-bond acceptors (Lipinski definition) is 2. The molecule has 17 heavy (non-hydrogen) atoms. The minimum atomic E-state index is 0.191. The second-order valence-electron chi connectivity index (χ2n) is 5.09. The SMILES string of the molecule is Cc1ccc(CC(N)CCOC(C)C)cc1C. The van der Waals surface area contributed by atoms with Gasteiger partial charge in [0.1, 0.15) is 0 Å². The maximum atomic E-state index is 6.10. The summed E-state index contributed by atoms with van der Waals surface area (Å²) in [6.45, 7) is 9.13. The highest BCUT2D eigenvalue weighted by Gasteiger charge is 2.05. The van der Waals surface area contributed by atoms with Crippen LogP contribution in [0.4, 0.5) is 0 Å². The average Bonchev–Trinajstić information content (AvgIpc) is 2.23. The molecule has 2 N–H and O–H groups in total. The van der Waals surface area contributed by atoms with E-state index < -0.39 is 0 Å². The van der Waals surface area contributed by atoms with E-state index in [1.54, 1.807) is 0 Å². The Kier molecular flexibility index (Phi) is 5.66. The molecule has 0 aromatic heterocycles. The molecule has 1 aromatic rings. The lowest BCUT2D eigenvalue weighted by atomic mass is 10.00. The van der Waals surface area contributed by atoms with E-state index in [0.717, 1.165) is 19.4 Å². The van der Waals surface area contributed by atoms with Crippen molar-refractivity contribution in [1.29, 1.82) is 0 Å². The lowest BCUT2D eigenvalue weighted by molar-refractivity contribution is 0.0737. The molecule has 1 atom stereocenters. The van der Waals surface area contributed by atoms with E-state index in [1.165, 1.54) is 16.7 Å². The van der Waals surface area contributed by atoms with Crippen molar-refractivity contribution in [2.75, 3.05) is 6.61 Å². The molecule has 0 aliphatic carbocycles. The summed E-state index contributed by atoms with van der Waals surface area (Å²) in [4.78, 5) is 0. The predicted octanol–water partition coefficient (Wildman–Crippen LogP) is 2.99. The first-order chi connectivity index (χ1) is 7.99. The van der Waals surface area contributed by atoms with Gasteiger partial charge in [-0.1, -0.05) is 18.2 Å². The topological polar surface area (TPSA) is 35.2 Å². The van der Waals surface area contributed by atoms with Crippen molar-refractivity contribution < 1.29 is 4.74 Å². The van der Waals surface area contributed by atoms with Crippen molar-refractivity contribution in [3.8, 4) is 0 Å². The van der Waals surface area contributed by atoms with Gasteiger partial charge in [0.2, 0.25) is 0 Å². The van der Waals surface area contributed by atoms with Gasteiger partial charge in [-0.25, -0.2) is 0 Å². The normalized spacial score (nSPS) is 13.1. The molecule has 0 amide bonds. The number of rotatable bonds is 6. The Morgan fingerprint density at radius 2 is 1.88 bits per heavy atom. The molecule has 0 radical (unpaired) electrons. The first kappa shape index (κ1) is 14.2. The fourth-order valence-electron chi connectivity index (χ4n) is 1.79. The maximum Gasteiger partial charge on any atom is 0.0518 e. The molecule has 0 bridgehead atoms. The minimum absolute atomic E-state index is 0.191. The first-order valence-corrected chi connectivity index (χ1v) is 6.42. The smallest absolute Gasteiger partial charge is 0.0518 e. The Hall–Kier alpha value is -0.860. The van der Waals surface area contributed by atoms with E-state index in [2.05, 4.69) is 45.9 Å². The second kappa shape index (κ2) is 6.77. The molecule has 1 unspecified atom stereocenters. The van der Waals surface area contributed by atoms with E-state index in [-0.39, 0.29) is 6.04 Å². The van der Waals surface area contributed by atoms with Crippen LogP contribution < -0.4 is 5.73 Å². The molecular weight excluding hydrogens is 210 g/mol. The van der Waals surface area contributed by atoms with Crippen LogP contribution in [0.2, 0.25) is 0 Å². The molecule has 0 saturated heterocycles.